The Labute approximate surface area is 158 Å². The van der Waals surface area contributed by atoms with Crippen molar-refractivity contribution in [2.24, 2.45) is 10.7 Å². The maximum absolute atomic E-state index is 5.94. The van der Waals surface area contributed by atoms with E-state index in [1.807, 2.05) is 42.5 Å². The summed E-state index contributed by atoms with van der Waals surface area (Å²) in [5, 5.41) is 3.13. The molecule has 6 heteroatoms. The topological polar surface area (TPSA) is 59.6 Å². The van der Waals surface area contributed by atoms with Crippen molar-refractivity contribution in [3.63, 3.8) is 0 Å². The number of nitrogens with two attached hydrogens (primary N) is 1. The monoisotopic (exact) mass is 443 g/mol. The number of hydrogen-bond donors (Lipinski definition) is 2. The minimum atomic E-state index is 0. The summed E-state index contributed by atoms with van der Waals surface area (Å²) in [6, 6.07) is 18.2. The number of guanidine groups is 1. The third-order valence-corrected chi connectivity index (χ3v) is 3.96. The second-order valence-electron chi connectivity index (χ2n) is 4.64. The quantitative estimate of drug-likeness (QED) is 0.224. The van der Waals surface area contributed by atoms with Crippen molar-refractivity contribution in [1.29, 1.82) is 0 Å². The lowest BCUT2D eigenvalue weighted by Crippen LogP contribution is -2.23. The molecule has 0 aliphatic carbocycles. The fourth-order valence-electron chi connectivity index (χ4n) is 1.95. The zero-order chi connectivity index (χ0) is 15.6. The van der Waals surface area contributed by atoms with Crippen LogP contribution in [0, 0.1) is 0 Å². The second-order valence-corrected chi connectivity index (χ2v) is 5.81. The molecule has 124 valence electrons. The average Bonchev–Trinajstić information content (AvgIpc) is 2.55. The molecule has 0 saturated carbocycles. The van der Waals surface area contributed by atoms with Gasteiger partial charge in [-0.05, 0) is 18.2 Å². The van der Waals surface area contributed by atoms with Gasteiger partial charge in [0.1, 0.15) is 0 Å². The van der Waals surface area contributed by atoms with E-state index in [-0.39, 0.29) is 24.0 Å². The summed E-state index contributed by atoms with van der Waals surface area (Å²) in [7, 11) is 1.68. The molecule has 23 heavy (non-hydrogen) atoms. The summed E-state index contributed by atoms with van der Waals surface area (Å²) < 4.78 is 5.17. The standard InChI is InChI=1S/C17H21N3OS.HI/c1-21-13-14-7-5-6-10-16(14)20-17(18)19-11-12-22-15-8-3-2-4-9-15;/h2-10H,11-13H2,1H3,(H3,18,19,20);1H. The molecule has 0 spiro atoms. The van der Waals surface area contributed by atoms with Crippen LogP contribution in [0.25, 0.3) is 0 Å². The van der Waals surface area contributed by atoms with Crippen LogP contribution in [0.5, 0.6) is 0 Å². The van der Waals surface area contributed by atoms with Gasteiger partial charge < -0.3 is 15.8 Å². The molecule has 0 aliphatic rings. The van der Waals surface area contributed by atoms with E-state index in [1.54, 1.807) is 18.9 Å². The Morgan fingerprint density at radius 1 is 1.13 bits per heavy atom. The van der Waals surface area contributed by atoms with Crippen molar-refractivity contribution in [2.75, 3.05) is 24.7 Å². The van der Waals surface area contributed by atoms with Gasteiger partial charge in [0.25, 0.3) is 0 Å². The number of anilines is 1. The first kappa shape index (κ1) is 19.8. The normalized spacial score (nSPS) is 10.9. The van der Waals surface area contributed by atoms with Gasteiger partial charge in [-0.3, -0.25) is 4.99 Å². The van der Waals surface area contributed by atoms with Crippen LogP contribution in [0.3, 0.4) is 0 Å². The van der Waals surface area contributed by atoms with Crippen LogP contribution in [0.1, 0.15) is 5.56 Å². The molecular weight excluding hydrogens is 421 g/mol. The number of benzene rings is 2. The van der Waals surface area contributed by atoms with Crippen LogP contribution in [-0.2, 0) is 11.3 Å². The van der Waals surface area contributed by atoms with Crippen molar-refractivity contribution in [3.05, 3.63) is 60.2 Å². The number of para-hydroxylation sites is 1. The molecule has 0 aromatic heterocycles. The Hall–Kier alpha value is -1.25. The SMILES string of the molecule is COCc1ccccc1NC(N)=NCCSc1ccccc1.I. The van der Waals surface area contributed by atoms with E-state index >= 15 is 0 Å². The van der Waals surface area contributed by atoms with Gasteiger partial charge in [-0.15, -0.1) is 35.7 Å². The molecule has 0 amide bonds. The predicted molar refractivity (Wildman–Crippen MR) is 110 cm³/mol. The fraction of sp³-hybridized carbons (Fsp3) is 0.235. The Morgan fingerprint density at radius 3 is 2.57 bits per heavy atom. The van der Waals surface area contributed by atoms with Crippen LogP contribution < -0.4 is 11.1 Å². The first-order chi connectivity index (χ1) is 10.8. The summed E-state index contributed by atoms with van der Waals surface area (Å²) in [6.45, 7) is 1.21. The third-order valence-electron chi connectivity index (χ3n) is 2.97. The van der Waals surface area contributed by atoms with Gasteiger partial charge in [0.15, 0.2) is 5.96 Å². The molecule has 2 aromatic rings. The smallest absolute Gasteiger partial charge is 0.193 e. The van der Waals surface area contributed by atoms with Gasteiger partial charge in [-0.25, -0.2) is 0 Å². The number of nitrogens with one attached hydrogen (secondary N) is 1. The van der Waals surface area contributed by atoms with Gasteiger partial charge in [-0.2, -0.15) is 0 Å². The van der Waals surface area contributed by atoms with E-state index in [0.717, 1.165) is 17.0 Å². The highest BCUT2D eigenvalue weighted by Gasteiger charge is 2.02. The lowest BCUT2D eigenvalue weighted by Gasteiger charge is -2.10. The van der Waals surface area contributed by atoms with E-state index in [2.05, 4.69) is 22.4 Å². The number of halogens is 1. The van der Waals surface area contributed by atoms with Crippen molar-refractivity contribution in [2.45, 2.75) is 11.5 Å². The van der Waals surface area contributed by atoms with Crippen molar-refractivity contribution in [1.82, 2.24) is 0 Å². The van der Waals surface area contributed by atoms with Crippen LogP contribution in [0.4, 0.5) is 5.69 Å². The maximum Gasteiger partial charge on any atom is 0.193 e. The minimum absolute atomic E-state index is 0. The molecule has 0 heterocycles. The number of ether oxygens (including phenoxy) is 1. The Kier molecular flexibility index (Phi) is 9.74. The second kappa shape index (κ2) is 11.3. The average molecular weight is 443 g/mol. The maximum atomic E-state index is 5.94. The zero-order valence-electron chi connectivity index (χ0n) is 13.1. The van der Waals surface area contributed by atoms with Crippen molar-refractivity contribution < 1.29 is 4.74 Å². The molecule has 0 saturated heterocycles. The number of hydrogen-bond acceptors (Lipinski definition) is 3. The number of rotatable bonds is 7. The summed E-state index contributed by atoms with van der Waals surface area (Å²) in [6.07, 6.45) is 0. The predicted octanol–water partition coefficient (Wildman–Crippen LogP) is 3.97. The number of methoxy groups -OCH3 is 1. The molecule has 0 bridgehead atoms. The number of nitrogens with zero attached hydrogens (tertiary/aromatic N) is 1. The van der Waals surface area contributed by atoms with E-state index in [4.69, 9.17) is 10.5 Å². The summed E-state index contributed by atoms with van der Waals surface area (Å²) in [4.78, 5) is 5.60. The van der Waals surface area contributed by atoms with E-state index in [1.165, 1.54) is 4.90 Å². The van der Waals surface area contributed by atoms with Gasteiger partial charge >= 0.3 is 0 Å². The Balaban J connectivity index is 0.00000264. The van der Waals surface area contributed by atoms with Crippen molar-refractivity contribution >= 4 is 47.4 Å². The first-order valence-corrected chi connectivity index (χ1v) is 8.10. The lowest BCUT2D eigenvalue weighted by molar-refractivity contribution is 0.185. The van der Waals surface area contributed by atoms with Gasteiger partial charge in [0, 0.05) is 29.0 Å². The van der Waals surface area contributed by atoms with Gasteiger partial charge in [0.05, 0.1) is 13.2 Å². The molecule has 4 nitrogen and oxygen atoms in total. The molecular formula is C17H22IN3OS. The van der Waals surface area contributed by atoms with Gasteiger partial charge in [0.2, 0.25) is 0 Å². The number of aliphatic imine (C=N–C) groups is 1. The summed E-state index contributed by atoms with van der Waals surface area (Å²) in [5.41, 5.74) is 7.93. The van der Waals surface area contributed by atoms with Crippen LogP contribution >= 0.6 is 35.7 Å². The molecule has 3 N–H and O–H groups in total. The van der Waals surface area contributed by atoms with Crippen LogP contribution in [0.15, 0.2) is 64.5 Å². The molecule has 0 unspecified atom stereocenters. The summed E-state index contributed by atoms with van der Waals surface area (Å²) in [5.74, 6) is 1.32. The first-order valence-electron chi connectivity index (χ1n) is 7.11. The minimum Gasteiger partial charge on any atom is -0.380 e. The molecule has 0 atom stereocenters. The van der Waals surface area contributed by atoms with E-state index in [9.17, 15) is 0 Å². The highest BCUT2D eigenvalue weighted by atomic mass is 127. The summed E-state index contributed by atoms with van der Waals surface area (Å²) >= 11 is 1.77. The number of thioether (sulfide) groups is 1. The molecule has 0 radical (unpaired) electrons. The van der Waals surface area contributed by atoms with Crippen LogP contribution in [0.2, 0.25) is 0 Å². The van der Waals surface area contributed by atoms with E-state index in [0.29, 0.717) is 19.1 Å². The fourth-order valence-corrected chi connectivity index (χ4v) is 2.72. The van der Waals surface area contributed by atoms with E-state index < -0.39 is 0 Å². The Bertz CT molecular complexity index is 608. The molecule has 2 rings (SSSR count). The van der Waals surface area contributed by atoms with Crippen molar-refractivity contribution in [3.8, 4) is 0 Å². The Morgan fingerprint density at radius 2 is 1.83 bits per heavy atom. The lowest BCUT2D eigenvalue weighted by atomic mass is 10.2. The molecule has 0 fully saturated rings. The molecule has 2 aromatic carbocycles. The third kappa shape index (κ3) is 7.24. The largest absolute Gasteiger partial charge is 0.380 e. The van der Waals surface area contributed by atoms with Gasteiger partial charge in [-0.1, -0.05) is 36.4 Å². The highest BCUT2D eigenvalue weighted by Crippen LogP contribution is 2.17. The van der Waals surface area contributed by atoms with Crippen LogP contribution in [-0.4, -0.2) is 25.4 Å². The molecule has 0 aliphatic heterocycles. The highest BCUT2D eigenvalue weighted by molar-refractivity contribution is 14.0. The zero-order valence-corrected chi connectivity index (χ0v) is 16.2.